The van der Waals surface area contributed by atoms with Gasteiger partial charge in [-0.2, -0.15) is 0 Å². The van der Waals surface area contributed by atoms with Gasteiger partial charge in [-0.15, -0.1) is 0 Å². The Balaban J connectivity index is 1.48. The van der Waals surface area contributed by atoms with Crippen LogP contribution in [0.5, 0.6) is 0 Å². The van der Waals surface area contributed by atoms with E-state index in [1.54, 1.807) is 0 Å². The lowest BCUT2D eigenvalue weighted by molar-refractivity contribution is 0.0365. The molecule has 31 heavy (non-hydrogen) atoms. The lowest BCUT2D eigenvalue weighted by Gasteiger charge is -2.32. The van der Waals surface area contributed by atoms with Crippen LogP contribution in [0.3, 0.4) is 0 Å². The number of para-hydroxylation sites is 1. The average molecular weight is 458 g/mol. The minimum absolute atomic E-state index is 0.00406. The predicted molar refractivity (Wildman–Crippen MR) is 131 cm³/mol. The largest absolute Gasteiger partial charge is 0.459 e. The zero-order valence-corrected chi connectivity index (χ0v) is 19.3. The van der Waals surface area contributed by atoms with Crippen LogP contribution in [-0.2, 0) is 4.74 Å². The summed E-state index contributed by atoms with van der Waals surface area (Å²) >= 11 is 11.8. The van der Waals surface area contributed by atoms with E-state index in [0.717, 1.165) is 68.2 Å². The van der Waals surface area contributed by atoms with Crippen molar-refractivity contribution in [2.24, 2.45) is 0 Å². The predicted octanol–water partition coefficient (Wildman–Crippen LogP) is 5.57. The Kier molecular flexibility index (Phi) is 7.45. The Morgan fingerprint density at radius 3 is 2.65 bits per heavy atom. The van der Waals surface area contributed by atoms with Crippen molar-refractivity contribution < 1.29 is 9.15 Å². The highest BCUT2D eigenvalue weighted by molar-refractivity contribution is 7.80. The molecular weight excluding hydrogens is 430 g/mol. The molecule has 1 saturated heterocycles. The zero-order valence-electron chi connectivity index (χ0n) is 17.7. The number of anilines is 1. The number of thiocarbonyl (C=S) groups is 1. The van der Waals surface area contributed by atoms with Crippen LogP contribution in [0.15, 0.2) is 59.0 Å². The Morgan fingerprint density at radius 1 is 1.16 bits per heavy atom. The molecule has 0 aliphatic carbocycles. The Labute approximate surface area is 193 Å². The molecule has 3 aromatic rings. The number of halogens is 1. The van der Waals surface area contributed by atoms with E-state index in [-0.39, 0.29) is 6.04 Å². The van der Waals surface area contributed by atoms with Crippen LogP contribution in [0.2, 0.25) is 5.02 Å². The van der Waals surface area contributed by atoms with Gasteiger partial charge < -0.3 is 19.4 Å². The number of benzene rings is 2. The Hall–Kier alpha value is -2.12. The van der Waals surface area contributed by atoms with Crippen molar-refractivity contribution in [3.63, 3.8) is 0 Å². The lowest BCUT2D eigenvalue weighted by Crippen LogP contribution is -2.41. The molecule has 5 nitrogen and oxygen atoms in total. The number of furan rings is 1. The fraction of sp³-hybridized carbons (Fsp3) is 0.375. The number of nitrogens with one attached hydrogen (secondary N) is 1. The molecule has 0 spiro atoms. The first-order chi connectivity index (χ1) is 15.1. The summed E-state index contributed by atoms with van der Waals surface area (Å²) in [6, 6.07) is 17.8. The van der Waals surface area contributed by atoms with Crippen LogP contribution in [0.4, 0.5) is 5.69 Å². The molecule has 2 heterocycles. The molecule has 0 saturated carbocycles. The highest BCUT2D eigenvalue weighted by atomic mass is 35.5. The zero-order chi connectivity index (χ0) is 21.6. The first-order valence-electron chi connectivity index (χ1n) is 10.7. The van der Waals surface area contributed by atoms with Gasteiger partial charge in [0, 0.05) is 42.3 Å². The van der Waals surface area contributed by atoms with Crippen molar-refractivity contribution >= 4 is 45.6 Å². The van der Waals surface area contributed by atoms with E-state index in [1.807, 2.05) is 42.5 Å². The molecule has 4 rings (SSSR count). The van der Waals surface area contributed by atoms with Crippen LogP contribution in [0.1, 0.15) is 25.1 Å². The maximum Gasteiger partial charge on any atom is 0.174 e. The van der Waals surface area contributed by atoms with Crippen molar-refractivity contribution in [1.29, 1.82) is 0 Å². The fourth-order valence-corrected chi connectivity index (χ4v) is 4.34. The SMILES string of the molecule is C[C@H](c1cc2ccccc2o1)N(CCCN1CCOCC1)C(=S)Nc1ccc(Cl)cc1. The number of nitrogens with zero attached hydrogens (tertiary/aromatic N) is 2. The molecule has 0 radical (unpaired) electrons. The summed E-state index contributed by atoms with van der Waals surface area (Å²) in [6.45, 7) is 7.61. The maximum atomic E-state index is 6.15. The molecule has 1 atom stereocenters. The van der Waals surface area contributed by atoms with Gasteiger partial charge in [0.25, 0.3) is 0 Å². The lowest BCUT2D eigenvalue weighted by atomic mass is 10.2. The van der Waals surface area contributed by atoms with Gasteiger partial charge in [-0.05, 0) is 62.0 Å². The first-order valence-corrected chi connectivity index (χ1v) is 11.5. The van der Waals surface area contributed by atoms with Gasteiger partial charge in [0.2, 0.25) is 0 Å². The maximum absolute atomic E-state index is 6.15. The Morgan fingerprint density at radius 2 is 1.90 bits per heavy atom. The van der Waals surface area contributed by atoms with E-state index in [1.165, 1.54) is 0 Å². The summed E-state index contributed by atoms with van der Waals surface area (Å²) < 4.78 is 11.6. The smallest absolute Gasteiger partial charge is 0.174 e. The number of ether oxygens (including phenoxy) is 1. The third kappa shape index (κ3) is 5.77. The molecule has 1 N–H and O–H groups in total. The minimum Gasteiger partial charge on any atom is -0.459 e. The monoisotopic (exact) mass is 457 g/mol. The van der Waals surface area contributed by atoms with Crippen molar-refractivity contribution in [2.45, 2.75) is 19.4 Å². The third-order valence-electron chi connectivity index (χ3n) is 5.66. The second-order valence-corrected chi connectivity index (χ2v) is 8.62. The van der Waals surface area contributed by atoms with Gasteiger partial charge in [0.15, 0.2) is 5.11 Å². The van der Waals surface area contributed by atoms with Gasteiger partial charge in [-0.1, -0.05) is 29.8 Å². The molecule has 1 aliphatic heterocycles. The van der Waals surface area contributed by atoms with Crippen molar-refractivity contribution in [2.75, 3.05) is 44.7 Å². The van der Waals surface area contributed by atoms with Crippen molar-refractivity contribution in [3.8, 4) is 0 Å². The van der Waals surface area contributed by atoms with E-state index in [9.17, 15) is 0 Å². The number of hydrogen-bond acceptors (Lipinski definition) is 4. The molecule has 2 aromatic carbocycles. The summed E-state index contributed by atoms with van der Waals surface area (Å²) in [4.78, 5) is 4.66. The molecular formula is C24H28ClN3O2S. The highest BCUT2D eigenvalue weighted by Crippen LogP contribution is 2.28. The molecule has 0 bridgehead atoms. The van der Waals surface area contributed by atoms with Crippen LogP contribution < -0.4 is 5.32 Å². The molecule has 164 valence electrons. The summed E-state index contributed by atoms with van der Waals surface area (Å²) in [5, 5.41) is 5.85. The van der Waals surface area contributed by atoms with E-state index < -0.39 is 0 Å². The van der Waals surface area contributed by atoms with Gasteiger partial charge >= 0.3 is 0 Å². The standard InChI is InChI=1S/C24H28ClN3O2S/c1-18(23-17-19-5-2-3-6-22(19)30-23)28(12-4-11-27-13-15-29-16-14-27)24(31)26-21-9-7-20(25)8-10-21/h2-3,5-10,17-18H,4,11-16H2,1H3,(H,26,31)/t18-/m1/s1. The van der Waals surface area contributed by atoms with Crippen molar-refractivity contribution in [1.82, 2.24) is 9.80 Å². The van der Waals surface area contributed by atoms with Gasteiger partial charge in [-0.25, -0.2) is 0 Å². The van der Waals surface area contributed by atoms with Crippen LogP contribution in [0, 0.1) is 0 Å². The summed E-state index contributed by atoms with van der Waals surface area (Å²) in [7, 11) is 0. The van der Waals surface area contributed by atoms with Gasteiger partial charge in [-0.3, -0.25) is 4.90 Å². The summed E-state index contributed by atoms with van der Waals surface area (Å²) in [5.74, 6) is 0.910. The van der Waals surface area contributed by atoms with E-state index in [2.05, 4.69) is 34.2 Å². The molecule has 7 heteroatoms. The molecule has 1 aromatic heterocycles. The number of hydrogen-bond donors (Lipinski definition) is 1. The molecule has 1 fully saturated rings. The summed E-state index contributed by atoms with van der Waals surface area (Å²) in [5.41, 5.74) is 1.82. The summed E-state index contributed by atoms with van der Waals surface area (Å²) in [6.07, 6.45) is 1.01. The molecule has 0 unspecified atom stereocenters. The van der Waals surface area contributed by atoms with Gasteiger partial charge in [0.05, 0.1) is 19.3 Å². The first kappa shape index (κ1) is 22.1. The topological polar surface area (TPSA) is 40.9 Å². The quantitative estimate of drug-likeness (QED) is 0.468. The number of morpholine rings is 1. The van der Waals surface area contributed by atoms with E-state index >= 15 is 0 Å². The average Bonchev–Trinajstić information content (AvgIpc) is 3.23. The molecule has 0 amide bonds. The second kappa shape index (κ2) is 10.5. The fourth-order valence-electron chi connectivity index (χ4n) is 3.85. The molecule has 1 aliphatic rings. The number of rotatable bonds is 7. The van der Waals surface area contributed by atoms with E-state index in [4.69, 9.17) is 33.0 Å². The van der Waals surface area contributed by atoms with Gasteiger partial charge in [0.1, 0.15) is 11.3 Å². The van der Waals surface area contributed by atoms with Crippen LogP contribution in [0.25, 0.3) is 11.0 Å². The van der Waals surface area contributed by atoms with Crippen LogP contribution >= 0.6 is 23.8 Å². The third-order valence-corrected chi connectivity index (χ3v) is 6.25. The normalized spacial score (nSPS) is 15.7. The second-order valence-electron chi connectivity index (χ2n) is 7.80. The van der Waals surface area contributed by atoms with Crippen molar-refractivity contribution in [3.05, 3.63) is 65.4 Å². The number of fused-ring (bicyclic) bond motifs is 1. The Bertz CT molecular complexity index is 968. The van der Waals surface area contributed by atoms with Crippen LogP contribution in [-0.4, -0.2) is 54.3 Å². The highest BCUT2D eigenvalue weighted by Gasteiger charge is 2.22. The van der Waals surface area contributed by atoms with E-state index in [0.29, 0.717) is 10.1 Å². The minimum atomic E-state index is 0.00406.